The van der Waals surface area contributed by atoms with Crippen LogP contribution in [0, 0.1) is 11.6 Å². The predicted octanol–water partition coefficient (Wildman–Crippen LogP) is 4.39. The Labute approximate surface area is 116 Å². The van der Waals surface area contributed by atoms with Gasteiger partial charge in [-0.3, -0.25) is 0 Å². The van der Waals surface area contributed by atoms with Gasteiger partial charge in [-0.25, -0.2) is 8.78 Å². The van der Waals surface area contributed by atoms with E-state index in [1.54, 1.807) is 0 Å². The largest absolute Gasteiger partial charge is 0.317 e. The topological polar surface area (TPSA) is 12.0 Å². The minimum Gasteiger partial charge on any atom is -0.317 e. The summed E-state index contributed by atoms with van der Waals surface area (Å²) < 4.78 is 28.2. The van der Waals surface area contributed by atoms with Crippen molar-refractivity contribution in [2.24, 2.45) is 0 Å². The first-order chi connectivity index (χ1) is 8.40. The van der Waals surface area contributed by atoms with E-state index in [9.17, 15) is 8.78 Å². The molecule has 0 aliphatic rings. The van der Waals surface area contributed by atoms with E-state index >= 15 is 0 Å². The molecule has 18 heavy (non-hydrogen) atoms. The van der Waals surface area contributed by atoms with Crippen LogP contribution in [0.25, 0.3) is 0 Å². The van der Waals surface area contributed by atoms with Gasteiger partial charge in [0.05, 0.1) is 4.47 Å². The van der Waals surface area contributed by atoms with Crippen molar-refractivity contribution >= 4 is 15.9 Å². The summed E-state index contributed by atoms with van der Waals surface area (Å²) in [7, 11) is 0. The van der Waals surface area contributed by atoms with E-state index in [4.69, 9.17) is 0 Å². The smallest absolute Gasteiger partial charge is 0.144 e. The maximum absolute atomic E-state index is 14.0. The highest BCUT2D eigenvalue weighted by atomic mass is 79.9. The van der Waals surface area contributed by atoms with Crippen molar-refractivity contribution in [2.45, 2.75) is 39.0 Å². The first-order valence-corrected chi connectivity index (χ1v) is 7.04. The molecule has 0 aromatic heterocycles. The van der Waals surface area contributed by atoms with Gasteiger partial charge < -0.3 is 5.32 Å². The van der Waals surface area contributed by atoms with Crippen molar-refractivity contribution in [3.8, 4) is 0 Å². The average molecular weight is 320 g/mol. The number of hydrogen-bond acceptors (Lipinski definition) is 1. The Balaban J connectivity index is 2.87. The van der Waals surface area contributed by atoms with E-state index in [-0.39, 0.29) is 5.56 Å². The minimum absolute atomic E-state index is 0.162. The van der Waals surface area contributed by atoms with E-state index < -0.39 is 17.0 Å². The second kappa shape index (κ2) is 6.62. The van der Waals surface area contributed by atoms with Crippen molar-refractivity contribution < 1.29 is 8.78 Å². The molecule has 1 aromatic rings. The summed E-state index contributed by atoms with van der Waals surface area (Å²) >= 11 is 3.11. The van der Waals surface area contributed by atoms with Crippen LogP contribution in [0.5, 0.6) is 0 Å². The van der Waals surface area contributed by atoms with Crippen LogP contribution in [0.4, 0.5) is 8.78 Å². The lowest BCUT2D eigenvalue weighted by Crippen LogP contribution is -2.28. The summed E-state index contributed by atoms with van der Waals surface area (Å²) in [4.78, 5) is 0. The molecule has 1 aromatic carbocycles. The summed E-state index contributed by atoms with van der Waals surface area (Å²) in [5.74, 6) is -0.966. The first kappa shape index (κ1) is 15.6. The number of benzene rings is 1. The van der Waals surface area contributed by atoms with Crippen molar-refractivity contribution in [3.05, 3.63) is 33.8 Å². The molecule has 1 N–H and O–H groups in total. The fourth-order valence-corrected chi connectivity index (χ4v) is 2.31. The minimum atomic E-state index is -0.529. The highest BCUT2D eigenvalue weighted by Gasteiger charge is 2.28. The second-order valence-electron chi connectivity index (χ2n) is 5.10. The number of halogens is 3. The number of rotatable bonds is 6. The lowest BCUT2D eigenvalue weighted by Gasteiger charge is -2.26. The maximum Gasteiger partial charge on any atom is 0.144 e. The van der Waals surface area contributed by atoms with Crippen LogP contribution in [-0.4, -0.2) is 13.1 Å². The van der Waals surface area contributed by atoms with Crippen LogP contribution >= 0.6 is 15.9 Å². The Hall–Kier alpha value is -0.480. The molecular formula is C14H20BrF2N. The molecule has 102 valence electrons. The molecule has 0 unspecified atom stereocenters. The molecule has 4 heteroatoms. The Morgan fingerprint density at radius 1 is 1.22 bits per heavy atom. The quantitative estimate of drug-likeness (QED) is 0.605. The van der Waals surface area contributed by atoms with Crippen molar-refractivity contribution in [3.63, 3.8) is 0 Å². The summed E-state index contributed by atoms with van der Waals surface area (Å²) in [5.41, 5.74) is -0.367. The molecule has 0 saturated carbocycles. The van der Waals surface area contributed by atoms with E-state index in [0.29, 0.717) is 10.9 Å². The zero-order valence-corrected chi connectivity index (χ0v) is 12.7. The van der Waals surface area contributed by atoms with Gasteiger partial charge in [0.15, 0.2) is 0 Å². The third-order valence-electron chi connectivity index (χ3n) is 3.07. The van der Waals surface area contributed by atoms with Gasteiger partial charge in [0.2, 0.25) is 0 Å². The molecule has 0 bridgehead atoms. The molecule has 0 spiro atoms. The van der Waals surface area contributed by atoms with Crippen LogP contribution in [0.15, 0.2) is 16.6 Å². The number of hydrogen-bond donors (Lipinski definition) is 1. The van der Waals surface area contributed by atoms with Gasteiger partial charge in [-0.1, -0.05) is 20.8 Å². The van der Waals surface area contributed by atoms with Gasteiger partial charge >= 0.3 is 0 Å². The summed E-state index contributed by atoms with van der Waals surface area (Å²) in [6.45, 7) is 7.51. The SMILES string of the molecule is CCCNCCC(C)(C)c1c(F)ccc(Br)c1F. The van der Waals surface area contributed by atoms with Crippen molar-refractivity contribution in [1.29, 1.82) is 0 Å². The van der Waals surface area contributed by atoms with Gasteiger partial charge in [0, 0.05) is 5.56 Å². The lowest BCUT2D eigenvalue weighted by atomic mass is 9.81. The third kappa shape index (κ3) is 3.75. The monoisotopic (exact) mass is 319 g/mol. The van der Waals surface area contributed by atoms with Gasteiger partial charge in [0.25, 0.3) is 0 Å². The van der Waals surface area contributed by atoms with Gasteiger partial charge in [-0.05, 0) is 59.4 Å². The molecular weight excluding hydrogens is 300 g/mol. The van der Waals surface area contributed by atoms with Crippen LogP contribution in [0.1, 0.15) is 39.2 Å². The molecule has 0 aliphatic heterocycles. The zero-order valence-electron chi connectivity index (χ0n) is 11.1. The molecule has 0 aliphatic carbocycles. The fourth-order valence-electron chi connectivity index (χ4n) is 1.98. The maximum atomic E-state index is 14.0. The molecule has 0 heterocycles. The van der Waals surface area contributed by atoms with E-state index in [1.807, 2.05) is 13.8 Å². The Bertz CT molecular complexity index is 405. The van der Waals surface area contributed by atoms with E-state index in [1.165, 1.54) is 12.1 Å². The van der Waals surface area contributed by atoms with Crippen molar-refractivity contribution in [2.75, 3.05) is 13.1 Å². The third-order valence-corrected chi connectivity index (χ3v) is 3.69. The highest BCUT2D eigenvalue weighted by Crippen LogP contribution is 2.34. The van der Waals surface area contributed by atoms with Crippen LogP contribution in [-0.2, 0) is 5.41 Å². The summed E-state index contributed by atoms with van der Waals surface area (Å²) in [6, 6.07) is 2.71. The van der Waals surface area contributed by atoms with Gasteiger partial charge in [-0.2, -0.15) is 0 Å². The van der Waals surface area contributed by atoms with Gasteiger partial charge in [-0.15, -0.1) is 0 Å². The number of nitrogens with one attached hydrogen (secondary N) is 1. The molecule has 0 amide bonds. The second-order valence-corrected chi connectivity index (χ2v) is 5.96. The highest BCUT2D eigenvalue weighted by molar-refractivity contribution is 9.10. The molecule has 0 saturated heterocycles. The Morgan fingerprint density at radius 3 is 2.50 bits per heavy atom. The van der Waals surface area contributed by atoms with Crippen LogP contribution in [0.2, 0.25) is 0 Å². The van der Waals surface area contributed by atoms with E-state index in [0.717, 1.165) is 19.5 Å². The predicted molar refractivity (Wildman–Crippen MR) is 74.9 cm³/mol. The van der Waals surface area contributed by atoms with Gasteiger partial charge in [0.1, 0.15) is 11.6 Å². The van der Waals surface area contributed by atoms with Crippen LogP contribution < -0.4 is 5.32 Å². The summed E-state index contributed by atoms with van der Waals surface area (Å²) in [5, 5.41) is 3.26. The molecule has 0 radical (unpaired) electrons. The molecule has 0 atom stereocenters. The van der Waals surface area contributed by atoms with E-state index in [2.05, 4.69) is 28.2 Å². The zero-order chi connectivity index (χ0) is 13.8. The normalized spacial score (nSPS) is 11.9. The molecule has 1 rings (SSSR count). The Kier molecular flexibility index (Phi) is 5.73. The lowest BCUT2D eigenvalue weighted by molar-refractivity contribution is 0.408. The molecule has 0 fully saturated rings. The Morgan fingerprint density at radius 2 is 1.89 bits per heavy atom. The standard InChI is InChI=1S/C14H20BrF2N/c1-4-8-18-9-7-14(2,3)12-11(16)6-5-10(15)13(12)17/h5-6,18H,4,7-9H2,1-3H3. The fraction of sp³-hybridized carbons (Fsp3) is 0.571. The first-order valence-electron chi connectivity index (χ1n) is 6.25. The average Bonchev–Trinajstić information content (AvgIpc) is 2.30. The van der Waals surface area contributed by atoms with Crippen LogP contribution in [0.3, 0.4) is 0 Å². The summed E-state index contributed by atoms with van der Waals surface area (Å²) in [6.07, 6.45) is 1.75. The van der Waals surface area contributed by atoms with Crippen molar-refractivity contribution in [1.82, 2.24) is 5.32 Å². The molecule has 1 nitrogen and oxygen atoms in total.